The zero-order valence-corrected chi connectivity index (χ0v) is 12.5. The number of benzene rings is 1. The number of carbonyl (C=O) groups is 2. The molecule has 2 aromatic heterocycles. The van der Waals surface area contributed by atoms with Gasteiger partial charge in [0.2, 0.25) is 16.0 Å². The van der Waals surface area contributed by atoms with Crippen LogP contribution in [0.15, 0.2) is 30.6 Å². The van der Waals surface area contributed by atoms with Crippen molar-refractivity contribution in [2.75, 3.05) is 23.4 Å². The summed E-state index contributed by atoms with van der Waals surface area (Å²) < 4.78 is 6.81. The van der Waals surface area contributed by atoms with Crippen LogP contribution in [-0.2, 0) is 9.59 Å². The molecule has 1 aromatic carbocycles. The first-order chi connectivity index (χ1) is 11.2. The topological polar surface area (TPSA) is 102 Å². The normalized spacial score (nSPS) is 13.7. The highest BCUT2D eigenvalue weighted by Gasteiger charge is 2.27. The van der Waals surface area contributed by atoms with Crippen molar-refractivity contribution in [2.45, 2.75) is 0 Å². The summed E-state index contributed by atoms with van der Waals surface area (Å²) in [7, 11) is 0. The number of aromatic nitrogens is 4. The average Bonchev–Trinajstić information content (AvgIpc) is 3.11. The summed E-state index contributed by atoms with van der Waals surface area (Å²) in [4.78, 5) is 26.2. The Morgan fingerprint density at radius 3 is 3.13 bits per heavy atom. The monoisotopic (exact) mass is 330 g/mol. The van der Waals surface area contributed by atoms with E-state index in [2.05, 4.69) is 20.6 Å². The number of hydrogen-bond donors (Lipinski definition) is 1. The Balaban J connectivity index is 1.52. The van der Waals surface area contributed by atoms with Crippen LogP contribution in [0.1, 0.15) is 0 Å². The van der Waals surface area contributed by atoms with Gasteiger partial charge >= 0.3 is 0 Å². The number of nitrogens with zero attached hydrogens (tertiary/aromatic N) is 5. The fraction of sp³-hybridized carbons (Fsp3) is 0.154. The number of ether oxygens (including phenoxy) is 1. The highest BCUT2D eigenvalue weighted by Crippen LogP contribution is 2.31. The van der Waals surface area contributed by atoms with Gasteiger partial charge in [0, 0.05) is 0 Å². The van der Waals surface area contributed by atoms with E-state index in [1.807, 2.05) is 6.07 Å². The van der Waals surface area contributed by atoms with E-state index in [0.29, 0.717) is 21.5 Å². The minimum atomic E-state index is -0.347. The second-order valence-corrected chi connectivity index (χ2v) is 5.71. The third-order valence-corrected chi connectivity index (χ3v) is 4.07. The fourth-order valence-electron chi connectivity index (χ4n) is 2.24. The number of anilines is 2. The first-order valence-electron chi connectivity index (χ1n) is 6.69. The van der Waals surface area contributed by atoms with Crippen molar-refractivity contribution in [1.29, 1.82) is 0 Å². The molecule has 0 unspecified atom stereocenters. The van der Waals surface area contributed by atoms with Gasteiger partial charge in [-0.2, -0.15) is 4.52 Å². The molecule has 2 amide bonds. The molecule has 0 saturated heterocycles. The molecule has 3 heterocycles. The van der Waals surface area contributed by atoms with Crippen LogP contribution in [0, 0.1) is 0 Å². The van der Waals surface area contributed by atoms with E-state index in [-0.39, 0.29) is 25.0 Å². The van der Waals surface area contributed by atoms with Crippen LogP contribution in [0.3, 0.4) is 0 Å². The van der Waals surface area contributed by atoms with Crippen molar-refractivity contribution in [3.63, 3.8) is 0 Å². The van der Waals surface area contributed by atoms with E-state index in [1.165, 1.54) is 27.1 Å². The smallest absolute Gasteiger partial charge is 0.265 e. The summed E-state index contributed by atoms with van der Waals surface area (Å²) in [6.45, 7) is -0.194. The van der Waals surface area contributed by atoms with Crippen LogP contribution in [0.25, 0.3) is 4.96 Å². The molecule has 0 saturated carbocycles. The summed E-state index contributed by atoms with van der Waals surface area (Å²) in [5.41, 5.74) is 0.581. The first-order valence-corrected chi connectivity index (χ1v) is 7.51. The maximum absolute atomic E-state index is 12.2. The Morgan fingerprint density at radius 2 is 2.26 bits per heavy atom. The van der Waals surface area contributed by atoms with Gasteiger partial charge in [0.15, 0.2) is 6.61 Å². The molecule has 10 heteroatoms. The first kappa shape index (κ1) is 13.6. The van der Waals surface area contributed by atoms with Crippen LogP contribution in [0.5, 0.6) is 5.75 Å². The highest BCUT2D eigenvalue weighted by molar-refractivity contribution is 7.20. The maximum atomic E-state index is 12.2. The molecule has 9 nitrogen and oxygen atoms in total. The molecule has 4 rings (SSSR count). The van der Waals surface area contributed by atoms with E-state index in [4.69, 9.17) is 4.74 Å². The van der Waals surface area contributed by atoms with Crippen LogP contribution >= 0.6 is 11.3 Å². The van der Waals surface area contributed by atoms with Crippen molar-refractivity contribution in [3.05, 3.63) is 30.6 Å². The number of carbonyl (C=O) groups excluding carboxylic acids is 2. The van der Waals surface area contributed by atoms with E-state index in [0.717, 1.165) is 0 Å². The van der Waals surface area contributed by atoms with Gasteiger partial charge in [0.25, 0.3) is 5.91 Å². The molecule has 3 aromatic rings. The molecule has 1 N–H and O–H groups in total. The van der Waals surface area contributed by atoms with Gasteiger partial charge in [0.05, 0.1) is 5.69 Å². The Hall–Kier alpha value is -3.01. The minimum absolute atomic E-state index is 0.0823. The van der Waals surface area contributed by atoms with Crippen molar-refractivity contribution < 1.29 is 14.3 Å². The van der Waals surface area contributed by atoms with Gasteiger partial charge in [-0.15, -0.1) is 15.3 Å². The average molecular weight is 330 g/mol. The molecule has 0 aliphatic carbocycles. The Labute approximate surface area is 133 Å². The maximum Gasteiger partial charge on any atom is 0.265 e. The molecule has 0 atom stereocenters. The summed E-state index contributed by atoms with van der Waals surface area (Å²) in [6, 6.07) is 7.10. The predicted molar refractivity (Wildman–Crippen MR) is 81.6 cm³/mol. The molecular formula is C13H10N6O3S. The fourth-order valence-corrected chi connectivity index (χ4v) is 2.98. The lowest BCUT2D eigenvalue weighted by molar-refractivity contribution is -0.123. The molecule has 0 radical (unpaired) electrons. The summed E-state index contributed by atoms with van der Waals surface area (Å²) in [5, 5.41) is 14.7. The lowest BCUT2D eigenvalue weighted by Crippen LogP contribution is -2.43. The van der Waals surface area contributed by atoms with Crippen LogP contribution in [-0.4, -0.2) is 44.8 Å². The van der Waals surface area contributed by atoms with Crippen LogP contribution in [0.2, 0.25) is 0 Å². The van der Waals surface area contributed by atoms with E-state index in [1.54, 1.807) is 18.2 Å². The lowest BCUT2D eigenvalue weighted by atomic mass is 10.2. The Bertz CT molecular complexity index is 875. The highest BCUT2D eigenvalue weighted by atomic mass is 32.1. The number of fused-ring (bicyclic) bond motifs is 2. The van der Waals surface area contributed by atoms with E-state index in [9.17, 15) is 9.59 Å². The van der Waals surface area contributed by atoms with Crippen molar-refractivity contribution >= 4 is 38.9 Å². The number of amides is 2. The van der Waals surface area contributed by atoms with Crippen LogP contribution < -0.4 is 15.0 Å². The molecule has 1 aliphatic rings. The van der Waals surface area contributed by atoms with Gasteiger partial charge in [-0.25, -0.2) is 0 Å². The van der Waals surface area contributed by atoms with Gasteiger partial charge in [0.1, 0.15) is 18.6 Å². The van der Waals surface area contributed by atoms with E-state index >= 15 is 0 Å². The quantitative estimate of drug-likeness (QED) is 0.752. The summed E-state index contributed by atoms with van der Waals surface area (Å²) >= 11 is 1.20. The molecule has 0 bridgehead atoms. The largest absolute Gasteiger partial charge is 0.482 e. The second kappa shape index (κ2) is 5.32. The number of nitrogens with one attached hydrogen (secondary N) is 1. The van der Waals surface area contributed by atoms with Gasteiger partial charge < -0.3 is 4.74 Å². The van der Waals surface area contributed by atoms with Crippen LogP contribution in [0.4, 0.5) is 10.8 Å². The van der Waals surface area contributed by atoms with E-state index < -0.39 is 0 Å². The van der Waals surface area contributed by atoms with Gasteiger partial charge in [-0.1, -0.05) is 23.5 Å². The second-order valence-electron chi connectivity index (χ2n) is 4.75. The molecule has 0 spiro atoms. The molecule has 23 heavy (non-hydrogen) atoms. The summed E-state index contributed by atoms with van der Waals surface area (Å²) in [5.74, 6) is -0.0318. The molecule has 1 aliphatic heterocycles. The third-order valence-electron chi connectivity index (χ3n) is 3.24. The lowest BCUT2D eigenvalue weighted by Gasteiger charge is -2.28. The molecular weight excluding hydrogens is 320 g/mol. The Kier molecular flexibility index (Phi) is 3.15. The standard InChI is InChI=1S/C13H10N6O3S/c20-10(15-12-17-19-7-14-16-13(19)23-12)5-18-8-3-1-2-4-9(8)22-6-11(18)21/h1-4,7H,5-6H2,(H,15,17,20). The van der Waals surface area contributed by atoms with Gasteiger partial charge in [-0.05, 0) is 12.1 Å². The zero-order valence-electron chi connectivity index (χ0n) is 11.7. The number of rotatable bonds is 3. The van der Waals surface area contributed by atoms with Gasteiger partial charge in [-0.3, -0.25) is 19.8 Å². The number of para-hydroxylation sites is 2. The third kappa shape index (κ3) is 2.48. The summed E-state index contributed by atoms with van der Waals surface area (Å²) in [6.07, 6.45) is 1.45. The zero-order chi connectivity index (χ0) is 15.8. The van der Waals surface area contributed by atoms with Crippen molar-refractivity contribution in [2.24, 2.45) is 0 Å². The SMILES string of the molecule is O=C(CN1C(=O)COc2ccccc21)Nc1nn2cnnc2s1. The molecule has 0 fully saturated rings. The van der Waals surface area contributed by atoms with Crippen molar-refractivity contribution in [1.82, 2.24) is 19.8 Å². The molecule has 116 valence electrons. The minimum Gasteiger partial charge on any atom is -0.482 e. The predicted octanol–water partition coefficient (Wildman–Crippen LogP) is 0.550. The Morgan fingerprint density at radius 1 is 1.39 bits per heavy atom. The van der Waals surface area contributed by atoms with Crippen molar-refractivity contribution in [3.8, 4) is 5.75 Å². The number of hydrogen-bond acceptors (Lipinski definition) is 7.